The fourth-order valence-electron chi connectivity index (χ4n) is 2.77. The molecule has 0 saturated carbocycles. The summed E-state index contributed by atoms with van der Waals surface area (Å²) in [5, 5.41) is 11.2. The third-order valence-corrected chi connectivity index (χ3v) is 4.81. The molecule has 1 unspecified atom stereocenters. The second-order valence-electron chi connectivity index (χ2n) is 5.69. The normalized spacial score (nSPS) is 12.5. The van der Waals surface area contributed by atoms with Crippen molar-refractivity contribution < 1.29 is 0 Å². The van der Waals surface area contributed by atoms with Gasteiger partial charge in [-0.05, 0) is 54.5 Å². The Kier molecular flexibility index (Phi) is 11.5. The number of thiophene rings is 1. The molecule has 0 amide bonds. The highest BCUT2D eigenvalue weighted by molar-refractivity contribution is 14.0. The Morgan fingerprint density at radius 3 is 2.58 bits per heavy atom. The maximum Gasteiger partial charge on any atom is 0.191 e. The van der Waals surface area contributed by atoms with Gasteiger partial charge >= 0.3 is 0 Å². The third-order valence-electron chi connectivity index (χ3n) is 4.11. The minimum absolute atomic E-state index is 0. The molecule has 2 aromatic heterocycles. The lowest BCUT2D eigenvalue weighted by Crippen LogP contribution is -2.43. The highest BCUT2D eigenvalue weighted by atomic mass is 127. The van der Waals surface area contributed by atoms with Crippen LogP contribution in [0, 0.1) is 0 Å². The van der Waals surface area contributed by atoms with Crippen molar-refractivity contribution in [2.45, 2.75) is 33.4 Å². The van der Waals surface area contributed by atoms with Gasteiger partial charge in [0.25, 0.3) is 0 Å². The van der Waals surface area contributed by atoms with E-state index in [-0.39, 0.29) is 24.0 Å². The molecule has 2 rings (SSSR count). The summed E-state index contributed by atoms with van der Waals surface area (Å²) in [6.07, 6.45) is 1.80. The van der Waals surface area contributed by atoms with Gasteiger partial charge in [0.05, 0.1) is 18.3 Å². The second kappa shape index (κ2) is 13.1. The SMILES string of the molecule is CCNC(=NCc1ccccn1)NCC(c1ccsc1)N(CC)CC.I. The van der Waals surface area contributed by atoms with Crippen LogP contribution in [0.5, 0.6) is 0 Å². The Labute approximate surface area is 178 Å². The number of rotatable bonds is 9. The summed E-state index contributed by atoms with van der Waals surface area (Å²) in [4.78, 5) is 11.5. The number of pyridine rings is 1. The van der Waals surface area contributed by atoms with Crippen LogP contribution < -0.4 is 10.6 Å². The lowest BCUT2D eigenvalue weighted by molar-refractivity contribution is 0.219. The van der Waals surface area contributed by atoms with Crippen LogP contribution in [0.1, 0.15) is 38.1 Å². The van der Waals surface area contributed by atoms with E-state index in [4.69, 9.17) is 0 Å². The summed E-state index contributed by atoms with van der Waals surface area (Å²) in [6, 6.07) is 8.47. The number of hydrogen-bond donors (Lipinski definition) is 2. The topological polar surface area (TPSA) is 52.6 Å². The monoisotopic (exact) mass is 487 g/mol. The predicted octanol–water partition coefficient (Wildman–Crippen LogP) is 3.90. The number of halogens is 1. The van der Waals surface area contributed by atoms with E-state index < -0.39 is 0 Å². The van der Waals surface area contributed by atoms with E-state index in [1.54, 1.807) is 17.5 Å². The number of nitrogens with zero attached hydrogens (tertiary/aromatic N) is 3. The molecule has 1 atom stereocenters. The minimum atomic E-state index is 0. The van der Waals surface area contributed by atoms with Crippen LogP contribution in [0.25, 0.3) is 0 Å². The standard InChI is InChI=1S/C19H29N5S.HI/c1-4-20-19(22-13-17-9-7-8-11-21-17)23-14-18(24(5-2)6-3)16-10-12-25-15-16;/h7-12,15,18H,4-6,13-14H2,1-3H3,(H2,20,22,23);1H. The molecule has 2 aromatic rings. The first-order valence-corrected chi connectivity index (χ1v) is 9.90. The van der Waals surface area contributed by atoms with Crippen molar-refractivity contribution in [1.29, 1.82) is 0 Å². The van der Waals surface area contributed by atoms with Crippen molar-refractivity contribution in [2.75, 3.05) is 26.2 Å². The number of aromatic nitrogens is 1. The summed E-state index contributed by atoms with van der Waals surface area (Å²) >= 11 is 1.75. The first-order valence-electron chi connectivity index (χ1n) is 8.96. The van der Waals surface area contributed by atoms with E-state index in [0.717, 1.165) is 37.8 Å². The van der Waals surface area contributed by atoms with Gasteiger partial charge in [-0.15, -0.1) is 24.0 Å². The van der Waals surface area contributed by atoms with Gasteiger partial charge in [0, 0.05) is 19.3 Å². The molecule has 2 heterocycles. The van der Waals surface area contributed by atoms with Gasteiger partial charge in [0.2, 0.25) is 0 Å². The van der Waals surface area contributed by atoms with Crippen LogP contribution in [-0.2, 0) is 6.54 Å². The Morgan fingerprint density at radius 1 is 1.19 bits per heavy atom. The molecule has 26 heavy (non-hydrogen) atoms. The molecule has 0 aromatic carbocycles. The van der Waals surface area contributed by atoms with Crippen LogP contribution >= 0.6 is 35.3 Å². The fraction of sp³-hybridized carbons (Fsp3) is 0.474. The molecule has 0 aliphatic carbocycles. The smallest absolute Gasteiger partial charge is 0.191 e. The number of guanidine groups is 1. The van der Waals surface area contributed by atoms with E-state index in [1.165, 1.54) is 5.56 Å². The van der Waals surface area contributed by atoms with Gasteiger partial charge in [-0.3, -0.25) is 9.88 Å². The Bertz CT molecular complexity index is 614. The molecule has 0 radical (unpaired) electrons. The van der Waals surface area contributed by atoms with Gasteiger partial charge in [-0.1, -0.05) is 19.9 Å². The largest absolute Gasteiger partial charge is 0.357 e. The average Bonchev–Trinajstić information content (AvgIpc) is 3.18. The van der Waals surface area contributed by atoms with E-state index in [9.17, 15) is 0 Å². The minimum Gasteiger partial charge on any atom is -0.357 e. The van der Waals surface area contributed by atoms with Crippen LogP contribution in [0.15, 0.2) is 46.2 Å². The summed E-state index contributed by atoms with van der Waals surface area (Å²) in [5.74, 6) is 0.834. The fourth-order valence-corrected chi connectivity index (χ4v) is 3.48. The Hall–Kier alpha value is -1.19. The molecule has 0 aliphatic heterocycles. The van der Waals surface area contributed by atoms with E-state index in [1.807, 2.05) is 18.2 Å². The maximum atomic E-state index is 4.66. The molecule has 144 valence electrons. The molecule has 2 N–H and O–H groups in total. The van der Waals surface area contributed by atoms with E-state index in [2.05, 4.69) is 63.1 Å². The molecule has 5 nitrogen and oxygen atoms in total. The summed E-state index contributed by atoms with van der Waals surface area (Å²) in [5.41, 5.74) is 2.33. The van der Waals surface area contributed by atoms with Gasteiger partial charge in [-0.25, -0.2) is 4.99 Å². The number of aliphatic imine (C=N–C) groups is 1. The highest BCUT2D eigenvalue weighted by Gasteiger charge is 2.18. The van der Waals surface area contributed by atoms with E-state index >= 15 is 0 Å². The summed E-state index contributed by atoms with van der Waals surface area (Å²) in [6.45, 7) is 10.8. The third kappa shape index (κ3) is 7.20. The lowest BCUT2D eigenvalue weighted by Gasteiger charge is -2.30. The van der Waals surface area contributed by atoms with Crippen LogP contribution in [0.2, 0.25) is 0 Å². The van der Waals surface area contributed by atoms with Gasteiger partial charge < -0.3 is 10.6 Å². The number of hydrogen-bond acceptors (Lipinski definition) is 4. The van der Waals surface area contributed by atoms with Crippen molar-refractivity contribution in [2.24, 2.45) is 4.99 Å². The van der Waals surface area contributed by atoms with Crippen molar-refractivity contribution in [3.05, 3.63) is 52.5 Å². The maximum absolute atomic E-state index is 4.66. The molecule has 0 spiro atoms. The number of likely N-dealkylation sites (N-methyl/N-ethyl adjacent to an activating group) is 1. The van der Waals surface area contributed by atoms with Crippen molar-refractivity contribution in [3.8, 4) is 0 Å². The van der Waals surface area contributed by atoms with Crippen molar-refractivity contribution >= 4 is 41.3 Å². The van der Waals surface area contributed by atoms with Crippen LogP contribution in [0.3, 0.4) is 0 Å². The van der Waals surface area contributed by atoms with Crippen molar-refractivity contribution in [1.82, 2.24) is 20.5 Å². The zero-order chi connectivity index (χ0) is 17.9. The molecular formula is C19H30IN5S. The van der Waals surface area contributed by atoms with Gasteiger partial charge in [-0.2, -0.15) is 11.3 Å². The average molecular weight is 487 g/mol. The first kappa shape index (κ1) is 22.9. The number of nitrogens with one attached hydrogen (secondary N) is 2. The molecule has 7 heteroatoms. The molecule has 0 bridgehead atoms. The zero-order valence-electron chi connectivity index (χ0n) is 15.8. The Balaban J connectivity index is 0.00000338. The summed E-state index contributed by atoms with van der Waals surface area (Å²) < 4.78 is 0. The zero-order valence-corrected chi connectivity index (χ0v) is 19.0. The van der Waals surface area contributed by atoms with Gasteiger partial charge in [0.1, 0.15) is 0 Å². The summed E-state index contributed by atoms with van der Waals surface area (Å²) in [7, 11) is 0. The Morgan fingerprint density at radius 2 is 2.00 bits per heavy atom. The molecular weight excluding hydrogens is 457 g/mol. The predicted molar refractivity (Wildman–Crippen MR) is 122 cm³/mol. The van der Waals surface area contributed by atoms with Crippen LogP contribution in [-0.4, -0.2) is 42.0 Å². The van der Waals surface area contributed by atoms with E-state index in [0.29, 0.717) is 12.6 Å². The highest BCUT2D eigenvalue weighted by Crippen LogP contribution is 2.22. The van der Waals surface area contributed by atoms with Crippen LogP contribution in [0.4, 0.5) is 0 Å². The lowest BCUT2D eigenvalue weighted by atomic mass is 10.1. The molecule has 0 fully saturated rings. The first-order chi connectivity index (χ1) is 12.3. The molecule has 0 aliphatic rings. The second-order valence-corrected chi connectivity index (χ2v) is 6.47. The van der Waals surface area contributed by atoms with Gasteiger partial charge in [0.15, 0.2) is 5.96 Å². The molecule has 0 saturated heterocycles. The quantitative estimate of drug-likeness (QED) is 0.320. The van der Waals surface area contributed by atoms with Crippen molar-refractivity contribution in [3.63, 3.8) is 0 Å².